The molecule has 2 N–H and O–H groups in total. The van der Waals surface area contributed by atoms with Gasteiger partial charge < -0.3 is 19.7 Å². The van der Waals surface area contributed by atoms with Gasteiger partial charge in [0.1, 0.15) is 12.5 Å². The van der Waals surface area contributed by atoms with Crippen LogP contribution in [0.5, 0.6) is 0 Å². The molecule has 0 spiro atoms. The Morgan fingerprint density at radius 1 is 1.08 bits per heavy atom. The highest BCUT2D eigenvalue weighted by atomic mass is 32.2. The molecular weight excluding hydrogens is 366 g/mol. The van der Waals surface area contributed by atoms with Crippen LogP contribution >= 0.6 is 23.5 Å². The van der Waals surface area contributed by atoms with Crippen molar-refractivity contribution in [3.63, 3.8) is 0 Å². The first-order valence-electron chi connectivity index (χ1n) is 7.51. The zero-order chi connectivity index (χ0) is 17.7. The van der Waals surface area contributed by atoms with E-state index in [1.165, 1.54) is 12.5 Å². The summed E-state index contributed by atoms with van der Waals surface area (Å²) in [5.74, 6) is 3.50. The second-order valence-corrected chi connectivity index (χ2v) is 6.98. The molecule has 2 rings (SSSR count). The van der Waals surface area contributed by atoms with E-state index in [0.717, 1.165) is 40.6 Å². The Morgan fingerprint density at radius 2 is 1.60 bits per heavy atom. The average molecular weight is 385 g/mol. The molecule has 0 fully saturated rings. The third-order valence-electron chi connectivity index (χ3n) is 2.84. The topological polar surface area (TPSA) is 119 Å². The molecule has 0 radical (unpaired) electrons. The lowest BCUT2D eigenvalue weighted by molar-refractivity contribution is -0.404. The average Bonchev–Trinajstić information content (AvgIpc) is 3.27. The van der Waals surface area contributed by atoms with Crippen molar-refractivity contribution in [1.29, 1.82) is 0 Å². The van der Waals surface area contributed by atoms with Gasteiger partial charge in [0.15, 0.2) is 5.82 Å². The molecular formula is C14H19N5O4S2. The van der Waals surface area contributed by atoms with Crippen molar-refractivity contribution in [1.82, 2.24) is 20.9 Å². The van der Waals surface area contributed by atoms with Gasteiger partial charge >= 0.3 is 0 Å². The number of thioether (sulfide) groups is 2. The lowest BCUT2D eigenvalue weighted by Gasteiger charge is -2.10. The molecule has 0 saturated heterocycles. The summed E-state index contributed by atoms with van der Waals surface area (Å²) in [6.45, 7) is 1.22. The van der Waals surface area contributed by atoms with E-state index >= 15 is 0 Å². The first-order chi connectivity index (χ1) is 12.2. The number of nitrogens with one attached hydrogen (secondary N) is 2. The Kier molecular flexibility index (Phi) is 8.77. The number of aromatic nitrogens is 2. The van der Waals surface area contributed by atoms with Crippen LogP contribution in [0.25, 0.3) is 0 Å². The highest BCUT2D eigenvalue weighted by molar-refractivity contribution is 7.98. The first kappa shape index (κ1) is 19.2. The Hall–Kier alpha value is -2.14. The molecule has 0 amide bonds. The summed E-state index contributed by atoms with van der Waals surface area (Å²) in [7, 11) is 0. The molecule has 0 atom stereocenters. The van der Waals surface area contributed by atoms with Crippen LogP contribution in [-0.4, -0.2) is 39.8 Å². The molecule has 0 bridgehead atoms. The van der Waals surface area contributed by atoms with Crippen molar-refractivity contribution in [2.75, 3.05) is 24.6 Å². The third-order valence-corrected chi connectivity index (χ3v) is 4.83. The summed E-state index contributed by atoms with van der Waals surface area (Å²) < 4.78 is 9.51. The maximum absolute atomic E-state index is 10.7. The Bertz CT molecular complexity index is 587. The van der Waals surface area contributed by atoms with E-state index in [1.54, 1.807) is 23.5 Å². The highest BCUT2D eigenvalue weighted by Crippen LogP contribution is 2.10. The highest BCUT2D eigenvalue weighted by Gasteiger charge is 2.03. The summed E-state index contributed by atoms with van der Waals surface area (Å²) in [6, 6.07) is 3.63. The third kappa shape index (κ3) is 8.49. The van der Waals surface area contributed by atoms with Crippen molar-refractivity contribution in [2.45, 2.75) is 11.5 Å². The Labute approximate surface area is 153 Å². The van der Waals surface area contributed by atoms with E-state index in [9.17, 15) is 10.1 Å². The van der Waals surface area contributed by atoms with E-state index < -0.39 is 4.92 Å². The van der Waals surface area contributed by atoms with Gasteiger partial charge in [-0.15, -0.1) is 0 Å². The number of hydrogen-bond donors (Lipinski definition) is 2. The quantitative estimate of drug-likeness (QED) is 0.301. The van der Waals surface area contributed by atoms with Gasteiger partial charge in [-0.05, 0) is 0 Å². The minimum absolute atomic E-state index is 0.411. The SMILES string of the molecule is O=[N+]([O-])C=C(NCCSCc1ccon1)NCCSCc1ccon1. The molecule has 0 aliphatic carbocycles. The van der Waals surface area contributed by atoms with Crippen LogP contribution in [0.15, 0.2) is 45.7 Å². The van der Waals surface area contributed by atoms with Crippen LogP contribution in [0.3, 0.4) is 0 Å². The molecule has 0 aliphatic heterocycles. The normalized spacial score (nSPS) is 10.4. The zero-order valence-corrected chi connectivity index (χ0v) is 15.1. The summed E-state index contributed by atoms with van der Waals surface area (Å²) >= 11 is 3.34. The van der Waals surface area contributed by atoms with Crippen LogP contribution in [0.1, 0.15) is 11.4 Å². The van der Waals surface area contributed by atoms with Gasteiger partial charge in [0, 0.05) is 48.2 Å². The second-order valence-electron chi connectivity index (χ2n) is 4.77. The molecule has 0 unspecified atom stereocenters. The number of hydrogen-bond acceptors (Lipinski definition) is 10. The van der Waals surface area contributed by atoms with Crippen molar-refractivity contribution >= 4 is 23.5 Å². The predicted octanol–water partition coefficient (Wildman–Crippen LogP) is 2.08. The van der Waals surface area contributed by atoms with E-state index in [4.69, 9.17) is 9.05 Å². The van der Waals surface area contributed by atoms with Gasteiger partial charge in [-0.2, -0.15) is 23.5 Å². The number of rotatable bonds is 13. The summed E-state index contributed by atoms with van der Waals surface area (Å²) in [6.07, 6.45) is 4.03. The second kappa shape index (κ2) is 11.4. The molecule has 2 aromatic heterocycles. The Morgan fingerprint density at radius 3 is 2.00 bits per heavy atom. The monoisotopic (exact) mass is 385 g/mol. The molecule has 2 aromatic rings. The van der Waals surface area contributed by atoms with Crippen LogP contribution in [0.2, 0.25) is 0 Å². The maximum atomic E-state index is 10.7. The van der Waals surface area contributed by atoms with Crippen molar-refractivity contribution in [2.24, 2.45) is 0 Å². The smallest absolute Gasteiger partial charge is 0.274 e. The van der Waals surface area contributed by atoms with Gasteiger partial charge in [0.2, 0.25) is 0 Å². The van der Waals surface area contributed by atoms with Gasteiger partial charge in [-0.25, -0.2) is 0 Å². The molecule has 0 aromatic carbocycles. The van der Waals surface area contributed by atoms with Crippen LogP contribution in [0.4, 0.5) is 0 Å². The lowest BCUT2D eigenvalue weighted by atomic mass is 10.5. The molecule has 25 heavy (non-hydrogen) atoms. The van der Waals surface area contributed by atoms with Gasteiger partial charge in [-0.3, -0.25) is 10.1 Å². The molecule has 2 heterocycles. The molecule has 11 heteroatoms. The van der Waals surface area contributed by atoms with E-state index in [-0.39, 0.29) is 0 Å². The maximum Gasteiger partial charge on any atom is 0.274 e. The molecule has 136 valence electrons. The van der Waals surface area contributed by atoms with Gasteiger partial charge in [0.05, 0.1) is 16.3 Å². The van der Waals surface area contributed by atoms with E-state index in [2.05, 4.69) is 20.9 Å². The van der Waals surface area contributed by atoms with E-state index in [0.29, 0.717) is 18.9 Å². The van der Waals surface area contributed by atoms with Crippen LogP contribution < -0.4 is 10.6 Å². The minimum Gasteiger partial charge on any atom is -0.366 e. The van der Waals surface area contributed by atoms with E-state index in [1.807, 2.05) is 12.1 Å². The fraction of sp³-hybridized carbons (Fsp3) is 0.429. The van der Waals surface area contributed by atoms with Crippen LogP contribution in [0, 0.1) is 10.1 Å². The van der Waals surface area contributed by atoms with Crippen molar-refractivity contribution in [3.05, 3.63) is 58.2 Å². The van der Waals surface area contributed by atoms with Crippen molar-refractivity contribution < 1.29 is 14.0 Å². The zero-order valence-electron chi connectivity index (χ0n) is 13.4. The summed E-state index contributed by atoms with van der Waals surface area (Å²) in [5.41, 5.74) is 1.77. The molecule has 0 aliphatic rings. The predicted molar refractivity (Wildman–Crippen MR) is 96.4 cm³/mol. The van der Waals surface area contributed by atoms with Crippen molar-refractivity contribution in [3.8, 4) is 0 Å². The molecule has 9 nitrogen and oxygen atoms in total. The van der Waals surface area contributed by atoms with Gasteiger partial charge in [-0.1, -0.05) is 10.3 Å². The number of nitrogens with zero attached hydrogens (tertiary/aromatic N) is 3. The Balaban J connectivity index is 1.58. The number of nitro groups is 1. The van der Waals surface area contributed by atoms with Crippen LogP contribution in [-0.2, 0) is 11.5 Å². The minimum atomic E-state index is -0.472. The summed E-state index contributed by atoms with van der Waals surface area (Å²) in [4.78, 5) is 10.2. The summed E-state index contributed by atoms with van der Waals surface area (Å²) in [5, 5.41) is 24.4. The lowest BCUT2D eigenvalue weighted by Crippen LogP contribution is -2.30. The fourth-order valence-corrected chi connectivity index (χ4v) is 3.25. The van der Waals surface area contributed by atoms with Gasteiger partial charge in [0.25, 0.3) is 6.20 Å². The largest absolute Gasteiger partial charge is 0.366 e. The molecule has 0 saturated carbocycles. The fourth-order valence-electron chi connectivity index (χ4n) is 1.75. The standard InChI is InChI=1S/C14H19N5O4S2/c20-19(21)9-14(15-3-7-24-10-12-1-5-22-17-12)16-4-8-25-11-13-2-6-23-18-13/h1-2,5-6,9,15-16H,3-4,7-8,10-11H2. The first-order valence-corrected chi connectivity index (χ1v) is 9.82.